The van der Waals surface area contributed by atoms with Gasteiger partial charge in [-0.05, 0) is 6.42 Å². The highest BCUT2D eigenvalue weighted by molar-refractivity contribution is 5.00. The zero-order valence-electron chi connectivity index (χ0n) is 4.45. The van der Waals surface area contributed by atoms with E-state index in [9.17, 15) is 4.39 Å². The first-order chi connectivity index (χ1) is 3.19. The predicted octanol–water partition coefficient (Wildman–Crippen LogP) is 0.693. The molecule has 0 aromatic carbocycles. The Morgan fingerprint density at radius 2 is 2.43 bits per heavy atom. The highest BCUT2D eigenvalue weighted by Gasteiger charge is 2.49. The number of nitrogens with two attached hydrogens (primary N) is 1. The van der Waals surface area contributed by atoms with Gasteiger partial charge in [0.2, 0.25) is 0 Å². The van der Waals surface area contributed by atoms with Crippen molar-refractivity contribution >= 4 is 0 Å². The quantitative estimate of drug-likeness (QED) is 0.519. The zero-order chi connectivity index (χ0) is 5.49. The zero-order valence-corrected chi connectivity index (χ0v) is 4.45. The first kappa shape index (κ1) is 5.04. The molecule has 0 spiro atoms. The van der Waals surface area contributed by atoms with E-state index >= 15 is 0 Å². The van der Waals surface area contributed by atoms with Gasteiger partial charge in [0.1, 0.15) is 6.17 Å². The van der Waals surface area contributed by atoms with Gasteiger partial charge in [0.15, 0.2) is 0 Å². The van der Waals surface area contributed by atoms with Crippen molar-refractivity contribution in [2.45, 2.75) is 19.5 Å². The summed E-state index contributed by atoms with van der Waals surface area (Å²) in [5, 5.41) is 0. The number of rotatable bonds is 1. The number of hydrogen-bond donors (Lipinski definition) is 1. The Hall–Kier alpha value is -0.110. The summed E-state index contributed by atoms with van der Waals surface area (Å²) in [6, 6.07) is 0. The molecular weight excluding hydrogens is 93.1 g/mol. The molecule has 2 N–H and O–H groups in total. The summed E-state index contributed by atoms with van der Waals surface area (Å²) in [4.78, 5) is 0. The molecule has 0 aromatic heterocycles. The summed E-state index contributed by atoms with van der Waals surface area (Å²) in [5.41, 5.74) is 5.08. The van der Waals surface area contributed by atoms with Gasteiger partial charge in [-0.3, -0.25) is 0 Å². The minimum absolute atomic E-state index is 0.139. The van der Waals surface area contributed by atoms with Crippen LogP contribution in [0.2, 0.25) is 0 Å². The van der Waals surface area contributed by atoms with Gasteiger partial charge >= 0.3 is 0 Å². The van der Waals surface area contributed by atoms with Gasteiger partial charge in [-0.2, -0.15) is 0 Å². The maximum atomic E-state index is 12.1. The van der Waals surface area contributed by atoms with Gasteiger partial charge in [-0.1, -0.05) is 6.92 Å². The normalized spacial score (nSPS) is 49.3. The minimum Gasteiger partial charge on any atom is -0.330 e. The molecule has 0 radical (unpaired) electrons. The molecule has 1 fully saturated rings. The molecule has 0 bridgehead atoms. The summed E-state index contributed by atoms with van der Waals surface area (Å²) in [6.07, 6.45) is 0.0567. The Morgan fingerprint density at radius 1 is 2.00 bits per heavy atom. The summed E-state index contributed by atoms with van der Waals surface area (Å²) in [5.74, 6) is 0. The van der Waals surface area contributed by atoms with E-state index in [1.807, 2.05) is 6.92 Å². The van der Waals surface area contributed by atoms with Gasteiger partial charge < -0.3 is 5.73 Å². The Kier molecular flexibility index (Phi) is 0.854. The van der Waals surface area contributed by atoms with Crippen LogP contribution in [0.5, 0.6) is 0 Å². The first-order valence-corrected chi connectivity index (χ1v) is 2.53. The van der Waals surface area contributed by atoms with Crippen LogP contribution in [0.3, 0.4) is 0 Å². The van der Waals surface area contributed by atoms with E-state index in [2.05, 4.69) is 0 Å². The fourth-order valence-corrected chi connectivity index (χ4v) is 0.562. The van der Waals surface area contributed by atoms with Crippen LogP contribution in [0.1, 0.15) is 13.3 Å². The lowest BCUT2D eigenvalue weighted by molar-refractivity contribution is 0.384. The Morgan fingerprint density at radius 3 is 2.43 bits per heavy atom. The molecule has 7 heavy (non-hydrogen) atoms. The average Bonchev–Trinajstić information content (AvgIpc) is 2.18. The molecule has 1 nitrogen and oxygen atoms in total. The molecule has 0 saturated heterocycles. The molecule has 2 unspecified atom stereocenters. The van der Waals surface area contributed by atoms with Crippen molar-refractivity contribution in [3.63, 3.8) is 0 Å². The molecule has 1 saturated carbocycles. The van der Waals surface area contributed by atoms with E-state index in [1.54, 1.807) is 0 Å². The molecule has 0 amide bonds. The van der Waals surface area contributed by atoms with E-state index in [1.165, 1.54) is 0 Å². The summed E-state index contributed by atoms with van der Waals surface area (Å²) in [6.45, 7) is 2.37. The number of alkyl halides is 1. The molecular formula is C5H10FN. The van der Waals surface area contributed by atoms with Crippen LogP contribution >= 0.6 is 0 Å². The van der Waals surface area contributed by atoms with E-state index in [0.717, 1.165) is 0 Å². The van der Waals surface area contributed by atoms with Gasteiger partial charge in [0.25, 0.3) is 0 Å². The van der Waals surface area contributed by atoms with Crippen molar-refractivity contribution < 1.29 is 4.39 Å². The highest BCUT2D eigenvalue weighted by Crippen LogP contribution is 2.46. The fraction of sp³-hybridized carbons (Fsp3) is 1.00. The van der Waals surface area contributed by atoms with Crippen molar-refractivity contribution in [3.8, 4) is 0 Å². The van der Waals surface area contributed by atoms with Crippen LogP contribution in [-0.4, -0.2) is 12.7 Å². The topological polar surface area (TPSA) is 26.0 Å². The Bertz CT molecular complexity index is 80.1. The van der Waals surface area contributed by atoms with Gasteiger partial charge in [-0.25, -0.2) is 4.39 Å². The molecule has 0 aromatic rings. The van der Waals surface area contributed by atoms with E-state index in [4.69, 9.17) is 5.73 Å². The number of hydrogen-bond acceptors (Lipinski definition) is 1. The van der Waals surface area contributed by atoms with E-state index in [0.29, 0.717) is 13.0 Å². The largest absolute Gasteiger partial charge is 0.330 e. The van der Waals surface area contributed by atoms with E-state index in [-0.39, 0.29) is 5.41 Å². The second kappa shape index (κ2) is 1.19. The van der Waals surface area contributed by atoms with Crippen molar-refractivity contribution in [1.29, 1.82) is 0 Å². The Balaban J connectivity index is 2.36. The minimum atomic E-state index is -0.613. The van der Waals surface area contributed by atoms with Crippen LogP contribution in [0.25, 0.3) is 0 Å². The molecule has 1 aliphatic rings. The molecule has 0 aliphatic heterocycles. The first-order valence-electron chi connectivity index (χ1n) is 2.53. The fourth-order valence-electron chi connectivity index (χ4n) is 0.562. The lowest BCUT2D eigenvalue weighted by Crippen LogP contribution is -2.13. The average molecular weight is 103 g/mol. The van der Waals surface area contributed by atoms with Crippen LogP contribution < -0.4 is 5.73 Å². The third kappa shape index (κ3) is 0.630. The molecule has 42 valence electrons. The molecule has 1 rings (SSSR count). The second-order valence-corrected chi connectivity index (χ2v) is 2.53. The van der Waals surface area contributed by atoms with Gasteiger partial charge in [0.05, 0.1) is 0 Å². The maximum absolute atomic E-state index is 12.1. The summed E-state index contributed by atoms with van der Waals surface area (Å²) >= 11 is 0. The summed E-state index contributed by atoms with van der Waals surface area (Å²) in [7, 11) is 0. The molecule has 0 heterocycles. The van der Waals surface area contributed by atoms with Crippen molar-refractivity contribution in [2.24, 2.45) is 11.1 Å². The van der Waals surface area contributed by atoms with Crippen molar-refractivity contribution in [2.75, 3.05) is 6.54 Å². The highest BCUT2D eigenvalue weighted by atomic mass is 19.1. The van der Waals surface area contributed by atoms with Gasteiger partial charge in [-0.15, -0.1) is 0 Å². The molecule has 2 atom stereocenters. The van der Waals surface area contributed by atoms with Crippen molar-refractivity contribution in [1.82, 2.24) is 0 Å². The smallest absolute Gasteiger partial charge is 0.107 e. The lowest BCUT2D eigenvalue weighted by Gasteiger charge is -1.98. The second-order valence-electron chi connectivity index (χ2n) is 2.53. The number of halogens is 1. The van der Waals surface area contributed by atoms with Crippen LogP contribution in [-0.2, 0) is 0 Å². The molecule has 2 heteroatoms. The maximum Gasteiger partial charge on any atom is 0.107 e. The Labute approximate surface area is 42.7 Å². The van der Waals surface area contributed by atoms with Crippen LogP contribution in [0, 0.1) is 5.41 Å². The summed E-state index contributed by atoms with van der Waals surface area (Å²) < 4.78 is 12.1. The van der Waals surface area contributed by atoms with Crippen LogP contribution in [0.4, 0.5) is 4.39 Å². The third-order valence-electron chi connectivity index (χ3n) is 1.71. The standard InChI is InChI=1S/C5H10FN/c1-5(3-7)2-4(5)6/h4H,2-3,7H2,1H3. The third-order valence-corrected chi connectivity index (χ3v) is 1.71. The SMILES string of the molecule is CC1(CN)CC1F. The van der Waals surface area contributed by atoms with E-state index < -0.39 is 6.17 Å². The van der Waals surface area contributed by atoms with Crippen LogP contribution in [0.15, 0.2) is 0 Å². The lowest BCUT2D eigenvalue weighted by atomic mass is 10.1. The monoisotopic (exact) mass is 103 g/mol. The molecule has 1 aliphatic carbocycles. The predicted molar refractivity (Wildman–Crippen MR) is 26.7 cm³/mol. The van der Waals surface area contributed by atoms with Crippen molar-refractivity contribution in [3.05, 3.63) is 0 Å². The van der Waals surface area contributed by atoms with Gasteiger partial charge in [0, 0.05) is 12.0 Å².